The number of carboxylic acid groups (broad SMARTS) is 1. The molecule has 0 bridgehead atoms. The molecule has 1 heterocycles. The molecule has 1 aromatic heterocycles. The minimum absolute atomic E-state index is 0.159. The van der Waals surface area contributed by atoms with Crippen LogP contribution in [0.3, 0.4) is 0 Å². The first-order valence-corrected chi connectivity index (χ1v) is 6.30. The normalized spacial score (nSPS) is 10.7. The van der Waals surface area contributed by atoms with Crippen molar-refractivity contribution in [3.63, 3.8) is 0 Å². The van der Waals surface area contributed by atoms with Crippen LogP contribution < -0.4 is 5.69 Å². The maximum absolute atomic E-state index is 13.3. The molecule has 20 heavy (non-hydrogen) atoms. The van der Waals surface area contributed by atoms with Crippen LogP contribution in [0.25, 0.3) is 0 Å². The van der Waals surface area contributed by atoms with Gasteiger partial charge in [-0.1, -0.05) is 13.0 Å². The first kappa shape index (κ1) is 14.0. The maximum atomic E-state index is 13.3. The number of nitrogens with zero attached hydrogens (tertiary/aromatic N) is 2. The summed E-state index contributed by atoms with van der Waals surface area (Å²) in [4.78, 5) is 22.9. The lowest BCUT2D eigenvalue weighted by atomic mass is 10.1. The molecule has 1 N–H and O–H groups in total. The van der Waals surface area contributed by atoms with E-state index in [1.165, 1.54) is 16.7 Å². The van der Waals surface area contributed by atoms with E-state index in [-0.39, 0.29) is 17.8 Å². The minimum Gasteiger partial charge on any atom is -0.478 e. The van der Waals surface area contributed by atoms with E-state index in [4.69, 9.17) is 5.11 Å². The standard InChI is InChI=1S/C14H15FN2O3/c1-2-5-16-6-7-17(14(16)20)9-10-3-4-12(15)11(8-10)13(18)19/h3-4,6-8H,2,5,9H2,1H3,(H,18,19). The Balaban J connectivity index is 2.29. The Labute approximate surface area is 114 Å². The smallest absolute Gasteiger partial charge is 0.338 e. The van der Waals surface area contributed by atoms with Crippen LogP contribution in [0, 0.1) is 5.82 Å². The second-order valence-corrected chi connectivity index (χ2v) is 4.52. The fraction of sp³-hybridized carbons (Fsp3) is 0.286. The first-order chi connectivity index (χ1) is 9.52. The van der Waals surface area contributed by atoms with Crippen LogP contribution in [-0.4, -0.2) is 20.2 Å². The summed E-state index contributed by atoms with van der Waals surface area (Å²) in [5.41, 5.74) is 0.0248. The molecule has 106 valence electrons. The molecule has 0 spiro atoms. The molecule has 0 aliphatic carbocycles. The van der Waals surface area contributed by atoms with E-state index in [2.05, 4.69) is 0 Å². The summed E-state index contributed by atoms with van der Waals surface area (Å²) in [7, 11) is 0. The third-order valence-corrected chi connectivity index (χ3v) is 3.00. The molecular weight excluding hydrogens is 263 g/mol. The van der Waals surface area contributed by atoms with Crippen molar-refractivity contribution in [1.29, 1.82) is 0 Å². The van der Waals surface area contributed by atoms with E-state index in [0.717, 1.165) is 12.5 Å². The Morgan fingerprint density at radius 3 is 2.65 bits per heavy atom. The van der Waals surface area contributed by atoms with Crippen molar-refractivity contribution in [2.24, 2.45) is 0 Å². The largest absolute Gasteiger partial charge is 0.478 e. The monoisotopic (exact) mass is 278 g/mol. The van der Waals surface area contributed by atoms with Gasteiger partial charge in [-0.2, -0.15) is 0 Å². The average molecular weight is 278 g/mol. The van der Waals surface area contributed by atoms with Gasteiger partial charge in [-0.15, -0.1) is 0 Å². The summed E-state index contributed by atoms with van der Waals surface area (Å²) in [6.45, 7) is 2.83. The quantitative estimate of drug-likeness (QED) is 0.909. The highest BCUT2D eigenvalue weighted by atomic mass is 19.1. The molecule has 0 atom stereocenters. The summed E-state index contributed by atoms with van der Waals surface area (Å²) in [6.07, 6.45) is 4.18. The molecule has 0 unspecified atom stereocenters. The third-order valence-electron chi connectivity index (χ3n) is 3.00. The number of halogens is 1. The first-order valence-electron chi connectivity index (χ1n) is 6.30. The molecule has 6 heteroatoms. The van der Waals surface area contributed by atoms with E-state index in [1.807, 2.05) is 6.92 Å². The summed E-state index contributed by atoms with van der Waals surface area (Å²) >= 11 is 0. The number of carbonyl (C=O) groups is 1. The fourth-order valence-corrected chi connectivity index (χ4v) is 2.02. The molecule has 2 rings (SSSR count). The lowest BCUT2D eigenvalue weighted by Crippen LogP contribution is -2.24. The molecule has 1 aromatic carbocycles. The van der Waals surface area contributed by atoms with Gasteiger partial charge < -0.3 is 5.11 Å². The van der Waals surface area contributed by atoms with Crippen molar-refractivity contribution >= 4 is 5.97 Å². The fourth-order valence-electron chi connectivity index (χ4n) is 2.02. The number of hydrogen-bond donors (Lipinski definition) is 1. The Morgan fingerprint density at radius 2 is 2.00 bits per heavy atom. The predicted molar refractivity (Wildman–Crippen MR) is 71.4 cm³/mol. The van der Waals surface area contributed by atoms with Gasteiger partial charge in [0.25, 0.3) is 0 Å². The van der Waals surface area contributed by atoms with E-state index < -0.39 is 11.8 Å². The molecule has 0 fully saturated rings. The van der Waals surface area contributed by atoms with Gasteiger partial charge in [0.2, 0.25) is 0 Å². The zero-order valence-electron chi connectivity index (χ0n) is 11.0. The molecule has 0 aliphatic heterocycles. The van der Waals surface area contributed by atoms with Crippen LogP contribution in [0.1, 0.15) is 29.3 Å². The summed E-state index contributed by atoms with van der Waals surface area (Å²) in [5, 5.41) is 8.87. The van der Waals surface area contributed by atoms with Crippen molar-refractivity contribution in [2.45, 2.75) is 26.4 Å². The lowest BCUT2D eigenvalue weighted by Gasteiger charge is -2.04. The van der Waals surface area contributed by atoms with Gasteiger partial charge >= 0.3 is 11.7 Å². The molecule has 0 saturated carbocycles. The lowest BCUT2D eigenvalue weighted by molar-refractivity contribution is 0.0691. The van der Waals surface area contributed by atoms with Crippen molar-refractivity contribution in [3.05, 3.63) is 58.0 Å². The number of rotatable bonds is 5. The number of imidazole rings is 1. The van der Waals surface area contributed by atoms with E-state index in [0.29, 0.717) is 12.1 Å². The van der Waals surface area contributed by atoms with Crippen LogP contribution in [0.5, 0.6) is 0 Å². The second kappa shape index (κ2) is 5.73. The van der Waals surface area contributed by atoms with Gasteiger partial charge in [-0.3, -0.25) is 9.13 Å². The number of aromatic nitrogens is 2. The Hall–Kier alpha value is -2.37. The van der Waals surface area contributed by atoms with Gasteiger partial charge in [0.15, 0.2) is 0 Å². The molecule has 0 aliphatic rings. The van der Waals surface area contributed by atoms with E-state index >= 15 is 0 Å². The van der Waals surface area contributed by atoms with Crippen molar-refractivity contribution < 1.29 is 14.3 Å². The van der Waals surface area contributed by atoms with Crippen LogP contribution in [0.4, 0.5) is 4.39 Å². The zero-order valence-corrected chi connectivity index (χ0v) is 11.0. The highest BCUT2D eigenvalue weighted by molar-refractivity contribution is 5.88. The van der Waals surface area contributed by atoms with Crippen molar-refractivity contribution in [2.75, 3.05) is 0 Å². The minimum atomic E-state index is -1.32. The SMILES string of the molecule is CCCn1ccn(Cc2ccc(F)c(C(=O)O)c2)c1=O. The van der Waals surface area contributed by atoms with Crippen LogP contribution in [0.2, 0.25) is 0 Å². The molecular formula is C14H15FN2O3. The van der Waals surface area contributed by atoms with E-state index in [1.54, 1.807) is 17.0 Å². The summed E-state index contributed by atoms with van der Waals surface area (Å²) in [6, 6.07) is 3.83. The molecule has 0 radical (unpaired) electrons. The number of benzene rings is 1. The third kappa shape index (κ3) is 2.79. The topological polar surface area (TPSA) is 64.2 Å². The Morgan fingerprint density at radius 1 is 1.30 bits per heavy atom. The molecule has 0 amide bonds. The van der Waals surface area contributed by atoms with Gasteiger partial charge in [0, 0.05) is 18.9 Å². The maximum Gasteiger partial charge on any atom is 0.338 e. The van der Waals surface area contributed by atoms with Crippen LogP contribution in [0.15, 0.2) is 35.4 Å². The molecule has 0 saturated heterocycles. The molecule has 2 aromatic rings. The van der Waals surface area contributed by atoms with E-state index in [9.17, 15) is 14.0 Å². The highest BCUT2D eigenvalue weighted by Crippen LogP contribution is 2.11. The van der Waals surface area contributed by atoms with Gasteiger partial charge in [0.05, 0.1) is 12.1 Å². The predicted octanol–water partition coefficient (Wildman–Crippen LogP) is 1.95. The number of carboxylic acids is 1. The Bertz CT molecular complexity index is 688. The Kier molecular flexibility index (Phi) is 4.02. The number of aromatic carboxylic acids is 1. The van der Waals surface area contributed by atoms with Crippen LogP contribution >= 0.6 is 0 Å². The van der Waals surface area contributed by atoms with Crippen LogP contribution in [-0.2, 0) is 13.1 Å². The molecule has 5 nitrogen and oxygen atoms in total. The van der Waals surface area contributed by atoms with Gasteiger partial charge in [0.1, 0.15) is 5.82 Å². The van der Waals surface area contributed by atoms with Gasteiger partial charge in [-0.05, 0) is 24.1 Å². The van der Waals surface area contributed by atoms with Crippen molar-refractivity contribution in [3.8, 4) is 0 Å². The number of hydrogen-bond acceptors (Lipinski definition) is 2. The second-order valence-electron chi connectivity index (χ2n) is 4.52. The van der Waals surface area contributed by atoms with Crippen molar-refractivity contribution in [1.82, 2.24) is 9.13 Å². The zero-order chi connectivity index (χ0) is 14.7. The van der Waals surface area contributed by atoms with Gasteiger partial charge in [-0.25, -0.2) is 14.0 Å². The average Bonchev–Trinajstić information content (AvgIpc) is 2.74. The summed E-state index contributed by atoms with van der Waals surface area (Å²) in [5.74, 6) is -2.10. The summed E-state index contributed by atoms with van der Waals surface area (Å²) < 4.78 is 16.3. The highest BCUT2D eigenvalue weighted by Gasteiger charge is 2.11. The number of aryl methyl sites for hydroxylation is 1.